The van der Waals surface area contributed by atoms with Crippen LogP contribution < -0.4 is 0 Å². The molecule has 0 saturated heterocycles. The van der Waals surface area contributed by atoms with Crippen LogP contribution in [-0.2, 0) is 4.74 Å². The maximum atomic E-state index is 6.25. The van der Waals surface area contributed by atoms with E-state index in [4.69, 9.17) is 4.74 Å². The van der Waals surface area contributed by atoms with Gasteiger partial charge in [-0.25, -0.2) is 0 Å². The third kappa shape index (κ3) is 3.48. The summed E-state index contributed by atoms with van der Waals surface area (Å²) in [4.78, 5) is 2.67. The lowest BCUT2D eigenvalue weighted by Crippen LogP contribution is -2.61. The van der Waals surface area contributed by atoms with Crippen molar-refractivity contribution in [3.8, 4) is 0 Å². The average Bonchev–Trinajstić information content (AvgIpc) is 2.19. The topological polar surface area (TPSA) is 12.5 Å². The summed E-state index contributed by atoms with van der Waals surface area (Å²) >= 11 is 0. The molecule has 2 heteroatoms. The van der Waals surface area contributed by atoms with Crippen molar-refractivity contribution in [1.29, 1.82) is 0 Å². The van der Waals surface area contributed by atoms with E-state index in [1.807, 2.05) is 0 Å². The highest BCUT2D eigenvalue weighted by Crippen LogP contribution is 2.38. The smallest absolute Gasteiger partial charge is 0.0759 e. The summed E-state index contributed by atoms with van der Waals surface area (Å²) in [6.45, 7) is 16.0. The standard InChI is InChI=1S/C16H33NO/c1-12(2)17(13(3)4)16(7)11-9-8-10-15(16)18-14(5)6/h12-15H,8-11H2,1-7H3. The molecule has 18 heavy (non-hydrogen) atoms. The molecule has 2 atom stereocenters. The second-order valence-electron chi connectivity index (χ2n) is 6.87. The molecule has 0 aromatic carbocycles. The largest absolute Gasteiger partial charge is 0.374 e. The van der Waals surface area contributed by atoms with Crippen molar-refractivity contribution in [2.45, 2.75) is 104 Å². The molecule has 0 spiro atoms. The van der Waals surface area contributed by atoms with Gasteiger partial charge in [-0.3, -0.25) is 4.90 Å². The van der Waals surface area contributed by atoms with Crippen LogP contribution in [0.15, 0.2) is 0 Å². The van der Waals surface area contributed by atoms with E-state index in [0.717, 1.165) is 0 Å². The Labute approximate surface area is 114 Å². The van der Waals surface area contributed by atoms with Crippen molar-refractivity contribution in [2.24, 2.45) is 0 Å². The monoisotopic (exact) mass is 255 g/mol. The number of ether oxygens (including phenoxy) is 1. The molecule has 1 fully saturated rings. The van der Waals surface area contributed by atoms with Crippen LogP contribution in [0.2, 0.25) is 0 Å². The van der Waals surface area contributed by atoms with E-state index in [0.29, 0.717) is 24.3 Å². The highest BCUT2D eigenvalue weighted by Gasteiger charge is 2.44. The minimum atomic E-state index is 0.199. The van der Waals surface area contributed by atoms with Gasteiger partial charge in [0.05, 0.1) is 12.2 Å². The second kappa shape index (κ2) is 6.38. The van der Waals surface area contributed by atoms with Crippen LogP contribution in [0.4, 0.5) is 0 Å². The van der Waals surface area contributed by atoms with E-state index in [2.05, 4.69) is 53.4 Å². The zero-order chi connectivity index (χ0) is 13.9. The fraction of sp³-hybridized carbons (Fsp3) is 1.00. The van der Waals surface area contributed by atoms with Gasteiger partial charge in [0, 0.05) is 17.6 Å². The van der Waals surface area contributed by atoms with Crippen molar-refractivity contribution in [3.63, 3.8) is 0 Å². The van der Waals surface area contributed by atoms with E-state index in [1.165, 1.54) is 25.7 Å². The van der Waals surface area contributed by atoms with E-state index < -0.39 is 0 Å². The van der Waals surface area contributed by atoms with Crippen LogP contribution >= 0.6 is 0 Å². The van der Waals surface area contributed by atoms with Gasteiger partial charge in [-0.2, -0.15) is 0 Å². The quantitative estimate of drug-likeness (QED) is 0.729. The van der Waals surface area contributed by atoms with Gasteiger partial charge >= 0.3 is 0 Å². The Kier molecular flexibility index (Phi) is 5.67. The fourth-order valence-electron chi connectivity index (χ4n) is 3.90. The zero-order valence-corrected chi connectivity index (χ0v) is 13.5. The van der Waals surface area contributed by atoms with Crippen molar-refractivity contribution in [1.82, 2.24) is 4.90 Å². The third-order valence-electron chi connectivity index (χ3n) is 4.23. The van der Waals surface area contributed by atoms with E-state index >= 15 is 0 Å². The molecular formula is C16H33NO. The molecule has 1 aliphatic carbocycles. The van der Waals surface area contributed by atoms with Gasteiger partial charge in [0.25, 0.3) is 0 Å². The first kappa shape index (κ1) is 16.0. The molecule has 1 aliphatic rings. The van der Waals surface area contributed by atoms with Crippen molar-refractivity contribution < 1.29 is 4.74 Å². The minimum absolute atomic E-state index is 0.199. The molecule has 0 N–H and O–H groups in total. The Balaban J connectivity index is 2.95. The Bertz CT molecular complexity index is 241. The van der Waals surface area contributed by atoms with Crippen molar-refractivity contribution in [2.75, 3.05) is 0 Å². The maximum absolute atomic E-state index is 6.25. The van der Waals surface area contributed by atoms with Gasteiger partial charge in [0.1, 0.15) is 0 Å². The van der Waals surface area contributed by atoms with Gasteiger partial charge in [-0.1, -0.05) is 12.8 Å². The summed E-state index contributed by atoms with van der Waals surface area (Å²) in [5.74, 6) is 0. The number of hydrogen-bond donors (Lipinski definition) is 0. The normalized spacial score (nSPS) is 29.8. The fourth-order valence-corrected chi connectivity index (χ4v) is 3.90. The van der Waals surface area contributed by atoms with Crippen LogP contribution in [0.5, 0.6) is 0 Å². The summed E-state index contributed by atoms with van der Waals surface area (Å²) in [5.41, 5.74) is 0.199. The van der Waals surface area contributed by atoms with E-state index in [9.17, 15) is 0 Å². The molecule has 0 radical (unpaired) electrons. The third-order valence-corrected chi connectivity index (χ3v) is 4.23. The number of nitrogens with zero attached hydrogens (tertiary/aromatic N) is 1. The Morgan fingerprint density at radius 1 is 1.00 bits per heavy atom. The summed E-state index contributed by atoms with van der Waals surface area (Å²) in [5, 5.41) is 0. The SMILES string of the molecule is CC(C)OC1CCCCC1(C)N(C(C)C)C(C)C. The Morgan fingerprint density at radius 2 is 1.56 bits per heavy atom. The predicted molar refractivity (Wildman–Crippen MR) is 79.0 cm³/mol. The zero-order valence-electron chi connectivity index (χ0n) is 13.5. The lowest BCUT2D eigenvalue weighted by atomic mass is 9.77. The molecule has 0 aliphatic heterocycles. The van der Waals surface area contributed by atoms with E-state index in [1.54, 1.807) is 0 Å². The van der Waals surface area contributed by atoms with Gasteiger partial charge in [-0.15, -0.1) is 0 Å². The van der Waals surface area contributed by atoms with E-state index in [-0.39, 0.29) is 5.54 Å². The summed E-state index contributed by atoms with van der Waals surface area (Å²) < 4.78 is 6.25. The maximum Gasteiger partial charge on any atom is 0.0759 e. The Morgan fingerprint density at radius 3 is 2.00 bits per heavy atom. The highest BCUT2D eigenvalue weighted by molar-refractivity contribution is 4.99. The minimum Gasteiger partial charge on any atom is -0.374 e. The first-order valence-corrected chi connectivity index (χ1v) is 7.73. The molecule has 0 heterocycles. The molecular weight excluding hydrogens is 222 g/mol. The number of hydrogen-bond acceptors (Lipinski definition) is 2. The van der Waals surface area contributed by atoms with Gasteiger partial charge in [0.15, 0.2) is 0 Å². The van der Waals surface area contributed by atoms with Crippen LogP contribution in [0.25, 0.3) is 0 Å². The lowest BCUT2D eigenvalue weighted by Gasteiger charge is -2.53. The molecule has 2 nitrogen and oxygen atoms in total. The molecule has 0 aromatic rings. The first-order valence-electron chi connectivity index (χ1n) is 7.73. The molecule has 1 rings (SSSR count). The van der Waals surface area contributed by atoms with Crippen LogP contribution in [-0.4, -0.2) is 34.7 Å². The first-order chi connectivity index (χ1) is 8.29. The lowest BCUT2D eigenvalue weighted by molar-refractivity contribution is -0.126. The highest BCUT2D eigenvalue weighted by atomic mass is 16.5. The van der Waals surface area contributed by atoms with Crippen LogP contribution in [0.3, 0.4) is 0 Å². The average molecular weight is 255 g/mol. The molecule has 2 unspecified atom stereocenters. The van der Waals surface area contributed by atoms with Gasteiger partial charge in [-0.05, 0) is 61.3 Å². The van der Waals surface area contributed by atoms with Crippen LogP contribution in [0.1, 0.15) is 74.1 Å². The molecule has 0 bridgehead atoms. The predicted octanol–water partition coefficient (Wildman–Crippen LogP) is 4.23. The molecule has 108 valence electrons. The molecule has 0 aromatic heterocycles. The summed E-state index contributed by atoms with van der Waals surface area (Å²) in [6.07, 6.45) is 5.84. The van der Waals surface area contributed by atoms with Crippen molar-refractivity contribution in [3.05, 3.63) is 0 Å². The van der Waals surface area contributed by atoms with Gasteiger partial charge in [0.2, 0.25) is 0 Å². The molecule has 0 amide bonds. The summed E-state index contributed by atoms with van der Waals surface area (Å²) in [7, 11) is 0. The molecule has 1 saturated carbocycles. The Hall–Kier alpha value is -0.0800. The number of rotatable bonds is 5. The van der Waals surface area contributed by atoms with Crippen molar-refractivity contribution >= 4 is 0 Å². The van der Waals surface area contributed by atoms with Crippen LogP contribution in [0, 0.1) is 0 Å². The second-order valence-corrected chi connectivity index (χ2v) is 6.87. The summed E-state index contributed by atoms with van der Waals surface area (Å²) in [6, 6.07) is 1.15. The van der Waals surface area contributed by atoms with Gasteiger partial charge < -0.3 is 4.74 Å².